The smallest absolute Gasteiger partial charge is 0.227 e. The van der Waals surface area contributed by atoms with Gasteiger partial charge in [0.1, 0.15) is 0 Å². The third-order valence-electron chi connectivity index (χ3n) is 5.93. The van der Waals surface area contributed by atoms with Crippen LogP contribution in [-0.2, 0) is 24.3 Å². The Kier molecular flexibility index (Phi) is 7.10. The van der Waals surface area contributed by atoms with Crippen molar-refractivity contribution >= 4 is 5.91 Å². The molecule has 1 aromatic heterocycles. The van der Waals surface area contributed by atoms with Gasteiger partial charge in [0.2, 0.25) is 17.6 Å². The molecule has 6 heteroatoms. The molecule has 162 valence electrons. The van der Waals surface area contributed by atoms with Crippen molar-refractivity contribution in [1.29, 1.82) is 0 Å². The minimum absolute atomic E-state index is 0.0129. The molecule has 2 aromatic carbocycles. The van der Waals surface area contributed by atoms with E-state index in [9.17, 15) is 4.79 Å². The molecule has 1 N–H and O–H groups in total. The molecule has 1 aliphatic heterocycles. The monoisotopic (exact) mass is 418 g/mol. The number of nitrogens with zero attached hydrogens (tertiary/aromatic N) is 3. The Hall–Kier alpha value is -2.99. The van der Waals surface area contributed by atoms with Crippen molar-refractivity contribution in [3.05, 3.63) is 71.6 Å². The number of amides is 1. The second kappa shape index (κ2) is 10.4. The predicted molar refractivity (Wildman–Crippen MR) is 120 cm³/mol. The van der Waals surface area contributed by atoms with E-state index in [0.29, 0.717) is 31.1 Å². The lowest BCUT2D eigenvalue weighted by Gasteiger charge is -2.30. The Balaban J connectivity index is 1.26. The summed E-state index contributed by atoms with van der Waals surface area (Å²) in [5, 5.41) is 7.05. The summed E-state index contributed by atoms with van der Waals surface area (Å²) in [6.07, 6.45) is 3.28. The number of likely N-dealkylation sites (tertiary alicyclic amines) is 1. The molecular formula is C25H30N4O2. The van der Waals surface area contributed by atoms with Gasteiger partial charge in [0, 0.05) is 31.5 Å². The molecule has 1 aliphatic rings. The van der Waals surface area contributed by atoms with Gasteiger partial charge >= 0.3 is 0 Å². The van der Waals surface area contributed by atoms with Gasteiger partial charge in [-0.2, -0.15) is 4.98 Å². The van der Waals surface area contributed by atoms with Crippen LogP contribution in [0.3, 0.4) is 0 Å². The number of rotatable bonds is 8. The van der Waals surface area contributed by atoms with E-state index in [1.54, 1.807) is 0 Å². The van der Waals surface area contributed by atoms with E-state index in [1.165, 1.54) is 24.0 Å². The molecule has 0 radical (unpaired) electrons. The van der Waals surface area contributed by atoms with E-state index in [1.807, 2.05) is 36.4 Å². The van der Waals surface area contributed by atoms with E-state index in [4.69, 9.17) is 4.52 Å². The highest BCUT2D eigenvalue weighted by molar-refractivity contribution is 5.76. The molecule has 2 heterocycles. The van der Waals surface area contributed by atoms with Crippen molar-refractivity contribution in [2.45, 2.75) is 45.7 Å². The van der Waals surface area contributed by atoms with Crippen molar-refractivity contribution < 1.29 is 9.32 Å². The highest BCUT2D eigenvalue weighted by atomic mass is 16.5. The summed E-state index contributed by atoms with van der Waals surface area (Å²) in [7, 11) is 0. The van der Waals surface area contributed by atoms with Gasteiger partial charge in [-0.1, -0.05) is 66.7 Å². The minimum Gasteiger partial charge on any atom is -0.352 e. The van der Waals surface area contributed by atoms with Crippen LogP contribution in [0.1, 0.15) is 43.2 Å². The summed E-state index contributed by atoms with van der Waals surface area (Å²) in [5.41, 5.74) is 3.38. The van der Waals surface area contributed by atoms with Gasteiger partial charge in [0.25, 0.3) is 0 Å². The number of aryl methyl sites for hydroxylation is 1. The molecule has 0 spiro atoms. The standard InChI is InChI=1S/C25H30N4O2/c1-19-13-15-29(16-14-19)18-22-10-6-5-9-21(22)17-26-23(30)11-12-24-27-25(28-31-24)20-7-3-2-4-8-20/h2-10,19H,11-18H2,1H3,(H,26,30). The molecule has 6 nitrogen and oxygen atoms in total. The lowest BCUT2D eigenvalue weighted by atomic mass is 9.98. The highest BCUT2D eigenvalue weighted by Gasteiger charge is 2.17. The maximum atomic E-state index is 12.4. The van der Waals surface area contributed by atoms with E-state index in [2.05, 4.69) is 45.5 Å². The lowest BCUT2D eigenvalue weighted by Crippen LogP contribution is -2.33. The van der Waals surface area contributed by atoms with Gasteiger partial charge in [-0.3, -0.25) is 9.69 Å². The number of aromatic nitrogens is 2. The first-order valence-corrected chi connectivity index (χ1v) is 11.1. The van der Waals surface area contributed by atoms with Crippen LogP contribution in [-0.4, -0.2) is 34.0 Å². The average Bonchev–Trinajstić information content (AvgIpc) is 3.28. The Morgan fingerprint density at radius 2 is 1.77 bits per heavy atom. The third kappa shape index (κ3) is 6.01. The number of benzene rings is 2. The highest BCUT2D eigenvalue weighted by Crippen LogP contribution is 2.20. The zero-order chi connectivity index (χ0) is 21.5. The molecule has 3 aromatic rings. The molecule has 0 unspecified atom stereocenters. The van der Waals surface area contributed by atoms with Gasteiger partial charge in [0.15, 0.2) is 0 Å². The van der Waals surface area contributed by atoms with Gasteiger partial charge < -0.3 is 9.84 Å². The Morgan fingerprint density at radius 3 is 2.55 bits per heavy atom. The molecule has 1 fully saturated rings. The summed E-state index contributed by atoms with van der Waals surface area (Å²) in [4.78, 5) is 19.3. The summed E-state index contributed by atoms with van der Waals surface area (Å²) in [6.45, 7) is 6.12. The fourth-order valence-corrected chi connectivity index (χ4v) is 3.91. The Labute approximate surface area is 183 Å². The number of hydrogen-bond acceptors (Lipinski definition) is 5. The summed E-state index contributed by atoms with van der Waals surface area (Å²) < 4.78 is 5.30. The van der Waals surface area contributed by atoms with Crippen LogP contribution in [0.15, 0.2) is 59.1 Å². The van der Waals surface area contributed by atoms with E-state index in [-0.39, 0.29) is 5.91 Å². The van der Waals surface area contributed by atoms with Gasteiger partial charge in [0.05, 0.1) is 0 Å². The molecule has 0 aliphatic carbocycles. The second-order valence-corrected chi connectivity index (χ2v) is 8.38. The van der Waals surface area contributed by atoms with Crippen molar-refractivity contribution in [2.24, 2.45) is 5.92 Å². The van der Waals surface area contributed by atoms with Crippen molar-refractivity contribution in [1.82, 2.24) is 20.4 Å². The maximum absolute atomic E-state index is 12.4. The first-order valence-electron chi connectivity index (χ1n) is 11.1. The van der Waals surface area contributed by atoms with E-state index >= 15 is 0 Å². The van der Waals surface area contributed by atoms with Crippen LogP contribution < -0.4 is 5.32 Å². The first-order chi connectivity index (χ1) is 15.2. The number of hydrogen-bond donors (Lipinski definition) is 1. The number of piperidine rings is 1. The van der Waals surface area contributed by atoms with Crippen molar-refractivity contribution in [3.63, 3.8) is 0 Å². The van der Waals surface area contributed by atoms with Crippen molar-refractivity contribution in [2.75, 3.05) is 13.1 Å². The Morgan fingerprint density at radius 1 is 1.06 bits per heavy atom. The van der Waals surface area contributed by atoms with Gasteiger partial charge in [-0.25, -0.2) is 0 Å². The van der Waals surface area contributed by atoms with Crippen LogP contribution in [0.25, 0.3) is 11.4 Å². The second-order valence-electron chi connectivity index (χ2n) is 8.38. The van der Waals surface area contributed by atoms with Crippen molar-refractivity contribution in [3.8, 4) is 11.4 Å². The fraction of sp³-hybridized carbons (Fsp3) is 0.400. The van der Waals surface area contributed by atoms with Gasteiger partial charge in [-0.15, -0.1) is 0 Å². The lowest BCUT2D eigenvalue weighted by molar-refractivity contribution is -0.121. The molecule has 0 bridgehead atoms. The minimum atomic E-state index is -0.0129. The number of nitrogens with one attached hydrogen (secondary N) is 1. The molecule has 1 saturated heterocycles. The zero-order valence-electron chi connectivity index (χ0n) is 18.1. The molecule has 0 atom stereocenters. The zero-order valence-corrected chi connectivity index (χ0v) is 18.1. The van der Waals surface area contributed by atoms with Crippen LogP contribution in [0, 0.1) is 5.92 Å². The Bertz CT molecular complexity index is 978. The first kappa shape index (κ1) is 21.2. The SMILES string of the molecule is CC1CCN(Cc2ccccc2CNC(=O)CCc2nc(-c3ccccc3)no2)CC1. The number of carbonyl (C=O) groups excluding carboxylic acids is 1. The van der Waals surface area contributed by atoms with Crippen LogP contribution in [0.4, 0.5) is 0 Å². The van der Waals surface area contributed by atoms with Gasteiger partial charge in [-0.05, 0) is 43.0 Å². The molecule has 31 heavy (non-hydrogen) atoms. The molecule has 4 rings (SSSR count). The van der Waals surface area contributed by atoms with E-state index in [0.717, 1.165) is 31.1 Å². The third-order valence-corrected chi connectivity index (χ3v) is 5.93. The fourth-order valence-electron chi connectivity index (χ4n) is 3.91. The quantitative estimate of drug-likeness (QED) is 0.593. The number of carbonyl (C=O) groups is 1. The van der Waals surface area contributed by atoms with Crippen LogP contribution >= 0.6 is 0 Å². The van der Waals surface area contributed by atoms with Crippen LogP contribution in [0.5, 0.6) is 0 Å². The topological polar surface area (TPSA) is 71.3 Å². The summed E-state index contributed by atoms with van der Waals surface area (Å²) in [5.74, 6) is 1.85. The summed E-state index contributed by atoms with van der Waals surface area (Å²) in [6, 6.07) is 18.1. The maximum Gasteiger partial charge on any atom is 0.227 e. The molecule has 1 amide bonds. The molecular weight excluding hydrogens is 388 g/mol. The summed E-state index contributed by atoms with van der Waals surface area (Å²) >= 11 is 0. The largest absolute Gasteiger partial charge is 0.352 e. The molecule has 0 saturated carbocycles. The predicted octanol–water partition coefficient (Wildman–Crippen LogP) is 4.22. The average molecular weight is 419 g/mol. The normalized spacial score (nSPS) is 15.1. The van der Waals surface area contributed by atoms with E-state index < -0.39 is 0 Å². The van der Waals surface area contributed by atoms with Crippen LogP contribution in [0.2, 0.25) is 0 Å².